The molecule has 11 heteroatoms. The van der Waals surface area contributed by atoms with Crippen molar-refractivity contribution in [2.24, 2.45) is 7.05 Å². The van der Waals surface area contributed by atoms with Crippen LogP contribution < -0.4 is 16.2 Å². The van der Waals surface area contributed by atoms with Crippen LogP contribution in [0.1, 0.15) is 64.8 Å². The van der Waals surface area contributed by atoms with Gasteiger partial charge in [-0.15, -0.1) is 0 Å². The van der Waals surface area contributed by atoms with E-state index in [1.807, 2.05) is 49.6 Å². The number of hydrogen-bond acceptors (Lipinski definition) is 5. The van der Waals surface area contributed by atoms with Crippen molar-refractivity contribution in [1.29, 1.82) is 0 Å². The summed E-state index contributed by atoms with van der Waals surface area (Å²) >= 11 is 11.3. The van der Waals surface area contributed by atoms with Gasteiger partial charge in [-0.05, 0) is 61.7 Å². The van der Waals surface area contributed by atoms with E-state index in [0.29, 0.717) is 34.8 Å². The molecule has 2 aliphatic rings. The average Bonchev–Trinajstić information content (AvgIpc) is 3.80. The Morgan fingerprint density at radius 3 is 2.56 bits per heavy atom. The number of carbonyl (C=O) groups excluding carboxylic acids is 1. The number of benzene rings is 1. The van der Waals surface area contributed by atoms with Crippen LogP contribution in [-0.2, 0) is 13.6 Å². The lowest BCUT2D eigenvalue weighted by Gasteiger charge is -2.12. The SMILES string of the molecule is Cn1nc(C2CC2)c2c(C(=O)NNC(=S)Nc3ccn(Cc4ccc(Cl)cc4)n3)cc(C3CC3)nc21. The first kappa shape index (κ1) is 22.9. The highest BCUT2D eigenvalue weighted by Gasteiger charge is 2.33. The lowest BCUT2D eigenvalue weighted by atomic mass is 10.1. The van der Waals surface area contributed by atoms with Crippen molar-refractivity contribution in [3.05, 3.63) is 70.1 Å². The maximum Gasteiger partial charge on any atom is 0.270 e. The molecule has 1 aromatic carbocycles. The molecule has 3 aromatic heterocycles. The van der Waals surface area contributed by atoms with Crippen LogP contribution in [0.2, 0.25) is 5.02 Å². The normalized spacial score (nSPS) is 15.2. The molecule has 0 saturated heterocycles. The Balaban J connectivity index is 1.13. The van der Waals surface area contributed by atoms with Crippen LogP contribution in [0.5, 0.6) is 0 Å². The number of halogens is 1. The quantitative estimate of drug-likeness (QED) is 0.258. The van der Waals surface area contributed by atoms with E-state index < -0.39 is 0 Å². The number of nitrogens with zero attached hydrogens (tertiary/aromatic N) is 5. The van der Waals surface area contributed by atoms with E-state index in [-0.39, 0.29) is 11.0 Å². The second-order valence-corrected chi connectivity index (χ2v) is 10.3. The monoisotopic (exact) mass is 520 g/mol. The summed E-state index contributed by atoms with van der Waals surface area (Å²) in [4.78, 5) is 18.1. The van der Waals surface area contributed by atoms with Gasteiger partial charge < -0.3 is 5.32 Å². The Labute approximate surface area is 218 Å². The number of anilines is 1. The molecule has 0 aliphatic heterocycles. The number of amides is 1. The molecular weight excluding hydrogens is 496 g/mol. The lowest BCUT2D eigenvalue weighted by molar-refractivity contribution is 0.0945. The first-order valence-corrected chi connectivity index (χ1v) is 12.8. The number of hydrazine groups is 1. The van der Waals surface area contributed by atoms with Gasteiger partial charge in [0.15, 0.2) is 16.6 Å². The van der Waals surface area contributed by atoms with Crippen molar-refractivity contribution in [1.82, 2.24) is 35.4 Å². The summed E-state index contributed by atoms with van der Waals surface area (Å²) in [5.74, 6) is 1.12. The van der Waals surface area contributed by atoms with E-state index in [2.05, 4.69) is 21.3 Å². The largest absolute Gasteiger partial charge is 0.315 e. The fourth-order valence-electron chi connectivity index (χ4n) is 4.33. The van der Waals surface area contributed by atoms with Crippen LogP contribution in [-0.4, -0.2) is 35.6 Å². The fourth-order valence-corrected chi connectivity index (χ4v) is 4.61. The third kappa shape index (κ3) is 4.78. The van der Waals surface area contributed by atoms with E-state index >= 15 is 0 Å². The van der Waals surface area contributed by atoms with E-state index in [4.69, 9.17) is 33.9 Å². The second-order valence-electron chi connectivity index (χ2n) is 9.41. The van der Waals surface area contributed by atoms with Gasteiger partial charge >= 0.3 is 0 Å². The van der Waals surface area contributed by atoms with Gasteiger partial charge in [-0.25, -0.2) is 4.98 Å². The molecule has 6 rings (SSSR count). The molecule has 0 atom stereocenters. The van der Waals surface area contributed by atoms with Crippen LogP contribution in [0.4, 0.5) is 5.82 Å². The van der Waals surface area contributed by atoms with Crippen molar-refractivity contribution < 1.29 is 4.79 Å². The molecule has 184 valence electrons. The number of thiocarbonyl (C=S) groups is 1. The minimum Gasteiger partial charge on any atom is -0.315 e. The maximum absolute atomic E-state index is 13.3. The van der Waals surface area contributed by atoms with Gasteiger partial charge in [-0.3, -0.25) is 25.0 Å². The number of rotatable bonds is 6. The van der Waals surface area contributed by atoms with E-state index in [9.17, 15) is 4.79 Å². The number of fused-ring (bicyclic) bond motifs is 1. The Morgan fingerprint density at radius 1 is 1.08 bits per heavy atom. The van der Waals surface area contributed by atoms with Crippen LogP contribution >= 0.6 is 23.8 Å². The van der Waals surface area contributed by atoms with Crippen molar-refractivity contribution in [3.8, 4) is 0 Å². The summed E-state index contributed by atoms with van der Waals surface area (Å²) in [6, 6.07) is 11.4. The molecule has 9 nitrogen and oxygen atoms in total. The number of carbonyl (C=O) groups is 1. The summed E-state index contributed by atoms with van der Waals surface area (Å²) in [7, 11) is 1.89. The summed E-state index contributed by atoms with van der Waals surface area (Å²) in [5.41, 5.74) is 9.88. The molecule has 0 unspecified atom stereocenters. The van der Waals surface area contributed by atoms with Crippen LogP contribution in [0.25, 0.3) is 11.0 Å². The van der Waals surface area contributed by atoms with Gasteiger partial charge in [0.25, 0.3) is 5.91 Å². The zero-order valence-electron chi connectivity index (χ0n) is 19.7. The average molecular weight is 521 g/mol. The molecule has 0 spiro atoms. The highest BCUT2D eigenvalue weighted by Crippen LogP contribution is 2.45. The highest BCUT2D eigenvalue weighted by molar-refractivity contribution is 7.80. The third-order valence-corrected chi connectivity index (χ3v) is 6.93. The van der Waals surface area contributed by atoms with Crippen molar-refractivity contribution in [2.75, 3.05) is 5.32 Å². The number of aryl methyl sites for hydroxylation is 1. The predicted octanol–water partition coefficient (Wildman–Crippen LogP) is 4.25. The number of aromatic nitrogens is 5. The molecule has 2 aliphatic carbocycles. The summed E-state index contributed by atoms with van der Waals surface area (Å²) in [5, 5.41) is 14.0. The Bertz CT molecular complexity index is 1470. The number of hydrogen-bond donors (Lipinski definition) is 3. The van der Waals surface area contributed by atoms with Crippen LogP contribution in [0.15, 0.2) is 42.6 Å². The van der Waals surface area contributed by atoms with Gasteiger partial charge in [0, 0.05) is 41.9 Å². The molecule has 4 aromatic rings. The second kappa shape index (κ2) is 9.18. The summed E-state index contributed by atoms with van der Waals surface area (Å²) in [6.45, 7) is 0.603. The highest BCUT2D eigenvalue weighted by atomic mass is 35.5. The molecule has 2 saturated carbocycles. The predicted molar refractivity (Wildman–Crippen MR) is 142 cm³/mol. The van der Waals surface area contributed by atoms with Gasteiger partial charge in [0.1, 0.15) is 0 Å². The van der Waals surface area contributed by atoms with Gasteiger partial charge in [0.2, 0.25) is 0 Å². The minimum atomic E-state index is -0.267. The van der Waals surface area contributed by atoms with Gasteiger partial charge in [0.05, 0.1) is 23.2 Å². The Morgan fingerprint density at radius 2 is 1.83 bits per heavy atom. The zero-order chi connectivity index (χ0) is 24.8. The Kier molecular flexibility index (Phi) is 5.85. The standard InChI is InChI=1S/C25H25ClN8OS/c1-33-23-21(22(32-33)16-6-7-16)18(12-19(27-23)15-4-5-15)24(35)29-30-25(36)28-20-10-11-34(31-20)13-14-2-8-17(26)9-3-14/h2-3,8-12,15-16H,4-7,13H2,1H3,(H,29,35)(H2,28,30,31,36). The van der Waals surface area contributed by atoms with E-state index in [1.165, 1.54) is 0 Å². The first-order chi connectivity index (χ1) is 17.4. The zero-order valence-corrected chi connectivity index (χ0v) is 21.2. The smallest absolute Gasteiger partial charge is 0.270 e. The van der Waals surface area contributed by atoms with Crippen molar-refractivity contribution in [2.45, 2.75) is 44.1 Å². The maximum atomic E-state index is 13.3. The molecule has 2 fully saturated rings. The van der Waals surface area contributed by atoms with Crippen molar-refractivity contribution in [3.63, 3.8) is 0 Å². The fraction of sp³-hybridized carbons (Fsp3) is 0.320. The first-order valence-electron chi connectivity index (χ1n) is 12.0. The van der Waals surface area contributed by atoms with E-state index in [0.717, 1.165) is 53.7 Å². The Hall–Kier alpha value is -3.50. The topological polar surface area (TPSA) is 102 Å². The molecule has 3 N–H and O–H groups in total. The molecular formula is C25H25ClN8OS. The third-order valence-electron chi connectivity index (χ3n) is 6.47. The molecule has 1 amide bonds. The minimum absolute atomic E-state index is 0.237. The van der Waals surface area contributed by atoms with Crippen molar-refractivity contribution >= 4 is 51.7 Å². The van der Waals surface area contributed by atoms with Crippen LogP contribution in [0.3, 0.4) is 0 Å². The molecule has 0 radical (unpaired) electrons. The van der Waals surface area contributed by atoms with Crippen LogP contribution in [0, 0.1) is 0 Å². The number of pyridine rings is 1. The van der Waals surface area contributed by atoms with Gasteiger partial charge in [-0.2, -0.15) is 10.2 Å². The summed E-state index contributed by atoms with van der Waals surface area (Å²) < 4.78 is 3.59. The summed E-state index contributed by atoms with van der Waals surface area (Å²) in [6.07, 6.45) is 6.24. The molecule has 3 heterocycles. The van der Waals surface area contributed by atoms with Gasteiger partial charge in [-0.1, -0.05) is 23.7 Å². The molecule has 0 bridgehead atoms. The number of nitrogens with one attached hydrogen (secondary N) is 3. The lowest BCUT2D eigenvalue weighted by Crippen LogP contribution is -2.44. The van der Waals surface area contributed by atoms with E-state index in [1.54, 1.807) is 9.36 Å². The molecule has 36 heavy (non-hydrogen) atoms.